The van der Waals surface area contributed by atoms with Crippen molar-refractivity contribution in [2.24, 2.45) is 5.16 Å². The van der Waals surface area contributed by atoms with Crippen LogP contribution in [-0.2, 0) is 17.9 Å². The number of rotatable bonds is 9. The van der Waals surface area contributed by atoms with Gasteiger partial charge < -0.3 is 25.7 Å². The van der Waals surface area contributed by atoms with Crippen molar-refractivity contribution in [2.45, 2.75) is 25.6 Å². The summed E-state index contributed by atoms with van der Waals surface area (Å²) >= 11 is 0. The first-order valence-electron chi connectivity index (χ1n) is 10.2. The number of anilines is 2. The van der Waals surface area contributed by atoms with E-state index in [2.05, 4.69) is 20.4 Å². The molecule has 3 aromatic rings. The van der Waals surface area contributed by atoms with Crippen LogP contribution < -0.4 is 15.8 Å². The maximum atomic E-state index is 8.90. The summed E-state index contributed by atoms with van der Waals surface area (Å²) in [6.07, 6.45) is 2.83. The van der Waals surface area contributed by atoms with Gasteiger partial charge in [-0.05, 0) is 23.3 Å². The normalized spacial score (nSPS) is 15.3. The highest BCUT2D eigenvalue weighted by Crippen LogP contribution is 2.32. The number of aliphatic hydroxyl groups excluding tert-OH is 1. The highest BCUT2D eigenvalue weighted by molar-refractivity contribution is 5.87. The van der Waals surface area contributed by atoms with Crippen LogP contribution in [0.4, 0.5) is 11.6 Å². The molecule has 2 aromatic heterocycles. The van der Waals surface area contributed by atoms with E-state index in [1.807, 2.05) is 54.6 Å². The highest BCUT2D eigenvalue weighted by Gasteiger charge is 2.25. The zero-order valence-electron chi connectivity index (χ0n) is 17.1. The lowest BCUT2D eigenvalue weighted by atomic mass is 10.0. The highest BCUT2D eigenvalue weighted by atomic mass is 16.6. The first-order valence-corrected chi connectivity index (χ1v) is 10.2. The molecular weight excluding hydrogens is 394 g/mol. The van der Waals surface area contributed by atoms with Gasteiger partial charge in [0.25, 0.3) is 0 Å². The second kappa shape index (κ2) is 9.90. The molecule has 0 saturated carbocycles. The first-order chi connectivity index (χ1) is 15.2. The fourth-order valence-corrected chi connectivity index (χ4v) is 3.31. The molecule has 1 aliphatic rings. The molecule has 3 heterocycles. The summed E-state index contributed by atoms with van der Waals surface area (Å²) < 4.78 is 5.73. The molecule has 1 aromatic carbocycles. The molecule has 1 aliphatic heterocycles. The maximum absolute atomic E-state index is 8.90. The molecule has 8 heteroatoms. The second-order valence-electron chi connectivity index (χ2n) is 7.23. The molecule has 160 valence electrons. The van der Waals surface area contributed by atoms with Crippen LogP contribution in [0.1, 0.15) is 29.2 Å². The average Bonchev–Trinajstić information content (AvgIpc) is 3.26. The molecule has 0 bridgehead atoms. The van der Waals surface area contributed by atoms with E-state index in [1.165, 1.54) is 0 Å². The molecule has 31 heavy (non-hydrogen) atoms. The number of hydrogen-bond acceptors (Lipinski definition) is 8. The van der Waals surface area contributed by atoms with Gasteiger partial charge in [0.05, 0.1) is 12.3 Å². The van der Waals surface area contributed by atoms with Crippen molar-refractivity contribution in [1.29, 1.82) is 0 Å². The third kappa shape index (κ3) is 5.49. The van der Waals surface area contributed by atoms with E-state index >= 15 is 0 Å². The number of nitrogens with zero attached hydrogens (tertiary/aromatic N) is 3. The summed E-state index contributed by atoms with van der Waals surface area (Å²) in [6, 6.07) is 17.5. The Morgan fingerprint density at radius 1 is 1.10 bits per heavy atom. The number of benzene rings is 1. The van der Waals surface area contributed by atoms with Crippen molar-refractivity contribution < 1.29 is 14.7 Å². The number of nitrogens with one attached hydrogen (secondary N) is 1. The number of nitrogens with two attached hydrogens (primary N) is 1. The van der Waals surface area contributed by atoms with Crippen molar-refractivity contribution in [1.82, 2.24) is 9.97 Å². The van der Waals surface area contributed by atoms with Gasteiger partial charge in [-0.2, -0.15) is 0 Å². The lowest BCUT2D eigenvalue weighted by Crippen LogP contribution is -2.10. The van der Waals surface area contributed by atoms with Crippen LogP contribution in [0.3, 0.4) is 0 Å². The van der Waals surface area contributed by atoms with Gasteiger partial charge in [0.15, 0.2) is 6.10 Å². The lowest BCUT2D eigenvalue weighted by molar-refractivity contribution is 0.0860. The number of ether oxygens (including phenoxy) is 1. The number of oxime groups is 1. The number of aromatic nitrogens is 2. The Bertz CT molecular complexity index is 1030. The van der Waals surface area contributed by atoms with Gasteiger partial charge in [-0.1, -0.05) is 41.6 Å². The summed E-state index contributed by atoms with van der Waals surface area (Å²) in [5.74, 6) is 1.60. The molecule has 4 rings (SSSR count). The average molecular weight is 419 g/mol. The molecule has 0 saturated heterocycles. The van der Waals surface area contributed by atoms with Crippen LogP contribution in [0.2, 0.25) is 0 Å². The van der Waals surface area contributed by atoms with Gasteiger partial charge in [0.2, 0.25) is 5.88 Å². The molecule has 0 spiro atoms. The Morgan fingerprint density at radius 3 is 2.71 bits per heavy atom. The Hall–Kier alpha value is -3.65. The third-order valence-corrected chi connectivity index (χ3v) is 4.89. The van der Waals surface area contributed by atoms with E-state index in [4.69, 9.17) is 20.4 Å². The maximum Gasteiger partial charge on any atom is 0.213 e. The van der Waals surface area contributed by atoms with Gasteiger partial charge in [0, 0.05) is 37.2 Å². The minimum absolute atomic E-state index is 0.0290. The smallest absolute Gasteiger partial charge is 0.213 e. The predicted molar refractivity (Wildman–Crippen MR) is 119 cm³/mol. The van der Waals surface area contributed by atoms with Crippen LogP contribution in [0.5, 0.6) is 5.88 Å². The van der Waals surface area contributed by atoms with Gasteiger partial charge in [-0.3, -0.25) is 0 Å². The minimum Gasteiger partial charge on any atom is -0.473 e. The molecule has 4 N–H and O–H groups in total. The fraction of sp³-hybridized carbons (Fsp3) is 0.261. The number of hydrogen-bond donors (Lipinski definition) is 3. The topological polar surface area (TPSA) is 115 Å². The Labute approximate surface area is 180 Å². The van der Waals surface area contributed by atoms with Gasteiger partial charge in [-0.25, -0.2) is 9.97 Å². The van der Waals surface area contributed by atoms with E-state index in [-0.39, 0.29) is 12.7 Å². The fourth-order valence-electron chi connectivity index (χ4n) is 3.31. The van der Waals surface area contributed by atoms with Crippen molar-refractivity contribution in [3.05, 3.63) is 77.5 Å². The number of aliphatic hydroxyl groups is 1. The van der Waals surface area contributed by atoms with Crippen LogP contribution in [0.25, 0.3) is 0 Å². The monoisotopic (exact) mass is 419 g/mol. The SMILES string of the molecule is Nc1nc(NCCO)ccc1C1CC(Cc2ccc(OCc3ccccc3)nc2)=NO1. The molecule has 0 radical (unpaired) electrons. The molecule has 1 unspecified atom stereocenters. The van der Waals surface area contributed by atoms with E-state index in [0.717, 1.165) is 22.4 Å². The summed E-state index contributed by atoms with van der Waals surface area (Å²) in [4.78, 5) is 14.3. The van der Waals surface area contributed by atoms with Crippen molar-refractivity contribution in [3.63, 3.8) is 0 Å². The lowest BCUT2D eigenvalue weighted by Gasteiger charge is -2.12. The molecule has 8 nitrogen and oxygen atoms in total. The number of nitrogen functional groups attached to an aromatic ring is 1. The van der Waals surface area contributed by atoms with E-state index in [1.54, 1.807) is 6.20 Å². The predicted octanol–water partition coefficient (Wildman–Crippen LogP) is 3.10. The summed E-state index contributed by atoms with van der Waals surface area (Å²) in [7, 11) is 0. The summed E-state index contributed by atoms with van der Waals surface area (Å²) in [6.45, 7) is 0.934. The molecule has 0 fully saturated rings. The van der Waals surface area contributed by atoms with E-state index in [9.17, 15) is 0 Å². The van der Waals surface area contributed by atoms with Crippen LogP contribution in [0, 0.1) is 0 Å². The number of pyridine rings is 2. The van der Waals surface area contributed by atoms with Crippen LogP contribution in [0.15, 0.2) is 65.9 Å². The molecule has 1 atom stereocenters. The zero-order valence-corrected chi connectivity index (χ0v) is 17.1. The van der Waals surface area contributed by atoms with Gasteiger partial charge in [0.1, 0.15) is 18.2 Å². The molecule has 0 amide bonds. The van der Waals surface area contributed by atoms with Gasteiger partial charge >= 0.3 is 0 Å². The Balaban J connectivity index is 1.30. The van der Waals surface area contributed by atoms with Crippen molar-refractivity contribution >= 4 is 17.3 Å². The van der Waals surface area contributed by atoms with E-state index in [0.29, 0.717) is 43.5 Å². The van der Waals surface area contributed by atoms with Crippen molar-refractivity contribution in [3.8, 4) is 5.88 Å². The quantitative estimate of drug-likeness (QED) is 0.488. The van der Waals surface area contributed by atoms with Crippen LogP contribution in [-0.4, -0.2) is 33.9 Å². The summed E-state index contributed by atoms with van der Waals surface area (Å²) in [5, 5.41) is 16.1. The molecule has 0 aliphatic carbocycles. The van der Waals surface area contributed by atoms with Gasteiger partial charge in [-0.15, -0.1) is 0 Å². The van der Waals surface area contributed by atoms with E-state index < -0.39 is 0 Å². The minimum atomic E-state index is -0.254. The summed E-state index contributed by atoms with van der Waals surface area (Å²) in [5.41, 5.74) is 9.95. The Morgan fingerprint density at radius 2 is 1.97 bits per heavy atom. The first kappa shape index (κ1) is 20.6. The second-order valence-corrected chi connectivity index (χ2v) is 7.23. The van der Waals surface area contributed by atoms with Crippen molar-refractivity contribution in [2.75, 3.05) is 24.2 Å². The standard InChI is InChI=1S/C23H25N5O3/c24-23-19(7-8-21(27-23)25-10-11-29)20-13-18(28-31-20)12-17-6-9-22(26-14-17)30-15-16-4-2-1-3-5-16/h1-9,14,20,29H,10-13,15H2,(H3,24,25,27). The Kier molecular flexibility index (Phi) is 6.59. The molecular formula is C23H25N5O3. The van der Waals surface area contributed by atoms with Crippen LogP contribution >= 0.6 is 0 Å². The largest absolute Gasteiger partial charge is 0.473 e. The third-order valence-electron chi connectivity index (χ3n) is 4.89. The zero-order chi connectivity index (χ0) is 21.5.